The molecule has 21 heavy (non-hydrogen) atoms. The zero-order valence-corrected chi connectivity index (χ0v) is 14.4. The van der Waals surface area contributed by atoms with Crippen molar-refractivity contribution in [3.63, 3.8) is 0 Å². The fraction of sp³-hybridized carbons (Fsp3) is 0.286. The predicted molar refractivity (Wildman–Crippen MR) is 92.1 cm³/mol. The first kappa shape index (κ1) is 16.4. The van der Waals surface area contributed by atoms with Crippen molar-refractivity contribution < 1.29 is 4.79 Å². The number of hydrogen-bond acceptors (Lipinski definition) is 4. The van der Waals surface area contributed by atoms with Crippen molar-refractivity contribution in [2.75, 3.05) is 18.4 Å². The largest absolute Gasteiger partial charge is 0.316 e. The molecule has 7 heteroatoms. The number of nitrogens with zero attached hydrogens (tertiary/aromatic N) is 1. The molecule has 1 saturated heterocycles. The number of carbonyl (C=O) groups excluding carboxylic acids is 1. The normalized spacial score (nSPS) is 17.3. The van der Waals surface area contributed by atoms with Crippen LogP contribution < -0.4 is 10.6 Å². The minimum Gasteiger partial charge on any atom is -0.316 e. The van der Waals surface area contributed by atoms with Gasteiger partial charge in [-0.1, -0.05) is 28.1 Å². The quantitative estimate of drug-likeness (QED) is 0.845. The highest BCUT2D eigenvalue weighted by Crippen LogP contribution is 2.27. The highest BCUT2D eigenvalue weighted by molar-refractivity contribution is 9.10. The maximum Gasteiger partial charge on any atom is 0.230 e. The summed E-state index contributed by atoms with van der Waals surface area (Å²) in [7, 11) is 0. The summed E-state index contributed by atoms with van der Waals surface area (Å²) in [4.78, 5) is 16.5. The first-order chi connectivity index (χ1) is 9.72. The second-order valence-electron chi connectivity index (χ2n) is 4.73. The number of carbonyl (C=O) groups is 1. The maximum atomic E-state index is 12.0. The van der Waals surface area contributed by atoms with Gasteiger partial charge in [0.05, 0.1) is 11.6 Å². The Labute approximate surface area is 141 Å². The summed E-state index contributed by atoms with van der Waals surface area (Å²) in [6, 6.07) is 7.97. The van der Waals surface area contributed by atoms with Crippen molar-refractivity contribution in [3.8, 4) is 11.3 Å². The lowest BCUT2D eigenvalue weighted by Gasteiger charge is -2.06. The van der Waals surface area contributed by atoms with Crippen LogP contribution in [0, 0.1) is 5.92 Å². The van der Waals surface area contributed by atoms with Crippen LogP contribution in [0.25, 0.3) is 11.3 Å². The molecule has 0 aliphatic carbocycles. The van der Waals surface area contributed by atoms with Gasteiger partial charge in [-0.15, -0.1) is 23.7 Å². The van der Waals surface area contributed by atoms with Crippen molar-refractivity contribution in [1.29, 1.82) is 0 Å². The van der Waals surface area contributed by atoms with Crippen LogP contribution in [0.1, 0.15) is 6.42 Å². The number of rotatable bonds is 3. The Balaban J connectivity index is 0.00000161. The minimum absolute atomic E-state index is 0. The van der Waals surface area contributed by atoms with Gasteiger partial charge in [0.2, 0.25) is 5.91 Å². The average Bonchev–Trinajstić information content (AvgIpc) is 3.10. The monoisotopic (exact) mass is 387 g/mol. The number of benzene rings is 1. The first-order valence-electron chi connectivity index (χ1n) is 6.45. The van der Waals surface area contributed by atoms with E-state index in [4.69, 9.17) is 0 Å². The summed E-state index contributed by atoms with van der Waals surface area (Å²) >= 11 is 4.91. The molecular weight excluding hydrogens is 374 g/mol. The van der Waals surface area contributed by atoms with Gasteiger partial charge in [0, 0.05) is 22.0 Å². The summed E-state index contributed by atoms with van der Waals surface area (Å²) in [6.07, 6.45) is 0.899. The van der Waals surface area contributed by atoms with E-state index in [1.807, 2.05) is 29.6 Å². The molecule has 2 heterocycles. The van der Waals surface area contributed by atoms with Gasteiger partial charge in [-0.2, -0.15) is 0 Å². The summed E-state index contributed by atoms with van der Waals surface area (Å²) in [6.45, 7) is 1.68. The van der Waals surface area contributed by atoms with E-state index in [1.165, 1.54) is 11.3 Å². The highest BCUT2D eigenvalue weighted by atomic mass is 79.9. The third kappa shape index (κ3) is 4.03. The van der Waals surface area contributed by atoms with Gasteiger partial charge in [0.15, 0.2) is 5.13 Å². The molecule has 1 aliphatic heterocycles. The van der Waals surface area contributed by atoms with E-state index in [0.29, 0.717) is 5.13 Å². The lowest BCUT2D eigenvalue weighted by Crippen LogP contribution is -2.24. The summed E-state index contributed by atoms with van der Waals surface area (Å²) in [5.74, 6) is 0.123. The van der Waals surface area contributed by atoms with Crippen molar-refractivity contribution in [1.82, 2.24) is 10.3 Å². The Morgan fingerprint density at radius 3 is 3.05 bits per heavy atom. The van der Waals surface area contributed by atoms with Crippen LogP contribution in [-0.4, -0.2) is 24.0 Å². The highest BCUT2D eigenvalue weighted by Gasteiger charge is 2.23. The summed E-state index contributed by atoms with van der Waals surface area (Å²) in [5, 5.41) is 8.72. The molecule has 1 aliphatic rings. The van der Waals surface area contributed by atoms with Crippen LogP contribution in [0.4, 0.5) is 5.13 Å². The summed E-state index contributed by atoms with van der Waals surface area (Å²) in [5.41, 5.74) is 1.93. The Morgan fingerprint density at radius 2 is 2.33 bits per heavy atom. The van der Waals surface area contributed by atoms with Gasteiger partial charge in [-0.3, -0.25) is 4.79 Å². The molecule has 1 atom stereocenters. The van der Waals surface area contributed by atoms with Gasteiger partial charge >= 0.3 is 0 Å². The Bertz CT molecular complexity index is 628. The molecule has 0 spiro atoms. The van der Waals surface area contributed by atoms with Crippen LogP contribution in [0.15, 0.2) is 34.1 Å². The zero-order valence-electron chi connectivity index (χ0n) is 11.1. The molecule has 0 saturated carbocycles. The molecule has 0 bridgehead atoms. The molecule has 1 fully saturated rings. The molecule has 4 nitrogen and oxygen atoms in total. The van der Waals surface area contributed by atoms with E-state index in [0.717, 1.165) is 35.2 Å². The van der Waals surface area contributed by atoms with Crippen LogP contribution in [0.2, 0.25) is 0 Å². The van der Waals surface area contributed by atoms with E-state index in [-0.39, 0.29) is 24.2 Å². The number of anilines is 1. The van der Waals surface area contributed by atoms with Crippen molar-refractivity contribution in [2.24, 2.45) is 5.92 Å². The van der Waals surface area contributed by atoms with Crippen molar-refractivity contribution in [2.45, 2.75) is 6.42 Å². The van der Waals surface area contributed by atoms with Crippen molar-refractivity contribution >= 4 is 50.7 Å². The molecular formula is C14H15BrClN3OS. The molecule has 112 valence electrons. The van der Waals surface area contributed by atoms with E-state index < -0.39 is 0 Å². The van der Waals surface area contributed by atoms with E-state index in [2.05, 4.69) is 31.5 Å². The molecule has 2 N–H and O–H groups in total. The molecule has 1 unspecified atom stereocenters. The van der Waals surface area contributed by atoms with E-state index in [1.54, 1.807) is 0 Å². The van der Waals surface area contributed by atoms with Crippen molar-refractivity contribution in [3.05, 3.63) is 34.1 Å². The second-order valence-corrected chi connectivity index (χ2v) is 6.50. The molecule has 1 amide bonds. The SMILES string of the molecule is Cl.O=C(Nc1nc(-c2cccc(Br)c2)cs1)C1CCNC1. The Morgan fingerprint density at radius 1 is 1.48 bits per heavy atom. The van der Waals surface area contributed by atoms with Gasteiger partial charge < -0.3 is 10.6 Å². The van der Waals surface area contributed by atoms with Crippen LogP contribution in [-0.2, 0) is 4.79 Å². The fourth-order valence-corrected chi connectivity index (χ4v) is 3.32. The summed E-state index contributed by atoms with van der Waals surface area (Å²) < 4.78 is 1.02. The molecule has 3 rings (SSSR count). The molecule has 1 aromatic heterocycles. The minimum atomic E-state index is 0. The first-order valence-corrected chi connectivity index (χ1v) is 8.13. The standard InChI is InChI=1S/C14H14BrN3OS.ClH/c15-11-3-1-2-9(6-11)12-8-20-14(17-12)18-13(19)10-4-5-16-7-10;/h1-3,6,8,10,16H,4-5,7H2,(H,17,18,19);1H. The molecule has 0 radical (unpaired) electrons. The Hall–Kier alpha value is -0.950. The predicted octanol–water partition coefficient (Wildman–Crippen LogP) is 3.54. The lowest BCUT2D eigenvalue weighted by molar-refractivity contribution is -0.119. The van der Waals surface area contributed by atoms with Crippen LogP contribution in [0.5, 0.6) is 0 Å². The smallest absolute Gasteiger partial charge is 0.230 e. The number of nitrogens with one attached hydrogen (secondary N) is 2. The zero-order chi connectivity index (χ0) is 13.9. The fourth-order valence-electron chi connectivity index (χ4n) is 2.20. The van der Waals surface area contributed by atoms with Gasteiger partial charge in [-0.25, -0.2) is 4.98 Å². The second kappa shape index (κ2) is 7.35. The lowest BCUT2D eigenvalue weighted by atomic mass is 10.1. The van der Waals surface area contributed by atoms with Gasteiger partial charge in [-0.05, 0) is 25.1 Å². The number of hydrogen-bond donors (Lipinski definition) is 2. The molecule has 2 aromatic rings. The van der Waals surface area contributed by atoms with Gasteiger partial charge in [0.1, 0.15) is 0 Å². The average molecular weight is 389 g/mol. The Kier molecular flexibility index (Phi) is 5.75. The molecule has 1 aromatic carbocycles. The van der Waals surface area contributed by atoms with Crippen LogP contribution in [0.3, 0.4) is 0 Å². The third-order valence-electron chi connectivity index (χ3n) is 3.29. The number of halogens is 2. The maximum absolute atomic E-state index is 12.0. The topological polar surface area (TPSA) is 54.0 Å². The number of amides is 1. The van der Waals surface area contributed by atoms with Crippen LogP contribution >= 0.6 is 39.7 Å². The number of thiazole rings is 1. The van der Waals surface area contributed by atoms with E-state index in [9.17, 15) is 4.79 Å². The van der Waals surface area contributed by atoms with Gasteiger partial charge in [0.25, 0.3) is 0 Å². The number of aromatic nitrogens is 1. The van der Waals surface area contributed by atoms with E-state index >= 15 is 0 Å². The third-order valence-corrected chi connectivity index (χ3v) is 4.54.